The van der Waals surface area contributed by atoms with Gasteiger partial charge >= 0.3 is 5.97 Å². The molecule has 1 amide bonds. The molecule has 1 heterocycles. The molecule has 6 nitrogen and oxygen atoms in total. The van der Waals surface area contributed by atoms with Crippen LogP contribution >= 0.6 is 11.6 Å². The highest BCUT2D eigenvalue weighted by Gasteiger charge is 2.38. The summed E-state index contributed by atoms with van der Waals surface area (Å²) in [6, 6.07) is 17.1. The van der Waals surface area contributed by atoms with Gasteiger partial charge in [0.2, 0.25) is 0 Å². The maximum atomic E-state index is 14.1. The van der Waals surface area contributed by atoms with Gasteiger partial charge in [-0.15, -0.1) is 0 Å². The second-order valence-corrected chi connectivity index (χ2v) is 9.60. The molecule has 0 bridgehead atoms. The van der Waals surface area contributed by atoms with Gasteiger partial charge in [-0.2, -0.15) is 0 Å². The number of fused-ring (bicyclic) bond motifs is 1. The van der Waals surface area contributed by atoms with Gasteiger partial charge < -0.3 is 19.5 Å². The number of carbonyl (C=O) groups excluding carboxylic acids is 1. The smallest absolute Gasteiger partial charge is 0.323 e. The third-order valence-corrected chi connectivity index (χ3v) is 6.48. The van der Waals surface area contributed by atoms with Crippen molar-refractivity contribution in [3.8, 4) is 11.5 Å². The van der Waals surface area contributed by atoms with Gasteiger partial charge in [0.1, 0.15) is 18.0 Å². The Balaban J connectivity index is 1.57. The molecule has 1 N–H and O–H groups in total. The molecule has 0 spiro atoms. The molecule has 0 saturated heterocycles. The van der Waals surface area contributed by atoms with Crippen LogP contribution in [0.5, 0.6) is 11.5 Å². The third-order valence-electron chi connectivity index (χ3n) is 6.23. The highest BCUT2D eigenvalue weighted by Crippen LogP contribution is 2.44. The predicted molar refractivity (Wildman–Crippen MR) is 135 cm³/mol. The van der Waals surface area contributed by atoms with Crippen LogP contribution in [0.25, 0.3) is 0 Å². The van der Waals surface area contributed by atoms with Crippen LogP contribution in [0.1, 0.15) is 34.0 Å². The van der Waals surface area contributed by atoms with Crippen LogP contribution in [0, 0.1) is 5.82 Å². The quantitative estimate of drug-likeness (QED) is 0.427. The second kappa shape index (κ2) is 10.6. The number of methoxy groups -OCH3 is 1. The van der Waals surface area contributed by atoms with E-state index in [0.717, 1.165) is 11.1 Å². The minimum absolute atomic E-state index is 0.0518. The number of aliphatic carboxylic acids is 1. The number of nitrogens with zero attached hydrogens (tertiary/aromatic N) is 1. The molecule has 3 aromatic carbocycles. The van der Waals surface area contributed by atoms with E-state index in [1.54, 1.807) is 30.3 Å². The summed E-state index contributed by atoms with van der Waals surface area (Å²) in [5, 5.41) is 10.0. The largest absolute Gasteiger partial charge is 0.493 e. The van der Waals surface area contributed by atoms with Crippen molar-refractivity contribution in [2.24, 2.45) is 0 Å². The number of halogens is 2. The van der Waals surface area contributed by atoms with Crippen molar-refractivity contribution in [2.45, 2.75) is 31.8 Å². The number of hydrogen-bond acceptors (Lipinski definition) is 4. The number of ether oxygens (including phenoxy) is 2. The molecule has 0 unspecified atom stereocenters. The zero-order chi connectivity index (χ0) is 25.9. The fourth-order valence-corrected chi connectivity index (χ4v) is 4.68. The number of carbonyl (C=O) groups is 2. The average Bonchev–Trinajstić information content (AvgIpc) is 3.18. The zero-order valence-electron chi connectivity index (χ0n) is 20.1. The Kier molecular flexibility index (Phi) is 7.50. The van der Waals surface area contributed by atoms with Crippen LogP contribution < -0.4 is 9.47 Å². The SMILES string of the molecule is COc1cc(C(=O)N(CCc2ccccc2F)CC(=O)O)cc2c1O[C@](C)(Cc1ccc(Cl)cc1)C2. The number of amides is 1. The number of hydrogen-bond donors (Lipinski definition) is 1. The van der Waals surface area contributed by atoms with E-state index in [1.807, 2.05) is 31.2 Å². The van der Waals surface area contributed by atoms with E-state index in [0.29, 0.717) is 40.5 Å². The van der Waals surface area contributed by atoms with E-state index in [9.17, 15) is 19.1 Å². The van der Waals surface area contributed by atoms with Crippen molar-refractivity contribution in [1.29, 1.82) is 0 Å². The summed E-state index contributed by atoms with van der Waals surface area (Å²) >= 11 is 6.01. The topological polar surface area (TPSA) is 76.1 Å². The molecule has 0 aromatic heterocycles. The molecule has 1 atom stereocenters. The molecule has 188 valence electrons. The first kappa shape index (κ1) is 25.5. The predicted octanol–water partition coefficient (Wildman–Crippen LogP) is 5.19. The fraction of sp³-hybridized carbons (Fsp3) is 0.286. The molecule has 8 heteroatoms. The summed E-state index contributed by atoms with van der Waals surface area (Å²) in [5.74, 6) is -1.04. The summed E-state index contributed by atoms with van der Waals surface area (Å²) in [6.07, 6.45) is 1.35. The molecule has 0 radical (unpaired) electrons. The maximum absolute atomic E-state index is 14.1. The van der Waals surface area contributed by atoms with Gasteiger partial charge in [-0.3, -0.25) is 9.59 Å². The number of rotatable bonds is 9. The highest BCUT2D eigenvalue weighted by molar-refractivity contribution is 6.30. The third kappa shape index (κ3) is 5.79. The van der Waals surface area contributed by atoms with Gasteiger partial charge in [-0.1, -0.05) is 41.9 Å². The summed E-state index contributed by atoms with van der Waals surface area (Å²) in [6.45, 7) is 1.54. The summed E-state index contributed by atoms with van der Waals surface area (Å²) in [5.41, 5.74) is 2.01. The first-order valence-electron chi connectivity index (χ1n) is 11.6. The van der Waals surface area contributed by atoms with Crippen LogP contribution in [0.3, 0.4) is 0 Å². The molecule has 36 heavy (non-hydrogen) atoms. The van der Waals surface area contributed by atoms with Gasteiger partial charge in [0.15, 0.2) is 11.5 Å². The molecule has 1 aliphatic heterocycles. The van der Waals surface area contributed by atoms with Crippen molar-refractivity contribution in [1.82, 2.24) is 4.90 Å². The normalized spacial score (nSPS) is 16.2. The van der Waals surface area contributed by atoms with Gasteiger partial charge in [0, 0.05) is 35.5 Å². The van der Waals surface area contributed by atoms with E-state index in [4.69, 9.17) is 21.1 Å². The Morgan fingerprint density at radius 3 is 2.56 bits per heavy atom. The lowest BCUT2D eigenvalue weighted by molar-refractivity contribution is -0.137. The minimum atomic E-state index is -1.15. The number of benzene rings is 3. The second-order valence-electron chi connectivity index (χ2n) is 9.16. The van der Waals surface area contributed by atoms with Gasteiger partial charge in [-0.05, 0) is 54.8 Å². The minimum Gasteiger partial charge on any atom is -0.493 e. The molecular formula is C28H27ClFNO5. The van der Waals surface area contributed by atoms with Crippen LogP contribution in [0.2, 0.25) is 5.02 Å². The van der Waals surface area contributed by atoms with Crippen LogP contribution in [-0.4, -0.2) is 47.7 Å². The van der Waals surface area contributed by atoms with Gasteiger partial charge in [0.25, 0.3) is 5.91 Å². The Hall–Kier alpha value is -3.58. The van der Waals surface area contributed by atoms with E-state index in [-0.39, 0.29) is 13.0 Å². The average molecular weight is 512 g/mol. The molecule has 4 rings (SSSR count). The Labute approximate surface area is 214 Å². The lowest BCUT2D eigenvalue weighted by Crippen LogP contribution is -2.37. The highest BCUT2D eigenvalue weighted by atomic mass is 35.5. The summed E-state index contributed by atoms with van der Waals surface area (Å²) < 4.78 is 25.9. The standard InChI is InChI=1S/C28H27ClFNO5/c1-28(15-18-7-9-22(29)10-8-18)16-21-13-20(14-24(35-2)26(21)36-28)27(34)31(17-25(32)33)12-11-19-5-3-4-6-23(19)30/h3-10,13-14H,11-12,15-17H2,1-2H3,(H,32,33)/t28-/m1/s1. The maximum Gasteiger partial charge on any atom is 0.323 e. The van der Waals surface area contributed by atoms with Crippen LogP contribution in [-0.2, 0) is 24.1 Å². The number of carboxylic acid groups (broad SMARTS) is 1. The van der Waals surface area contributed by atoms with Crippen LogP contribution in [0.4, 0.5) is 4.39 Å². The van der Waals surface area contributed by atoms with Crippen molar-refractivity contribution in [2.75, 3.05) is 20.2 Å². The van der Waals surface area contributed by atoms with Gasteiger partial charge in [-0.25, -0.2) is 4.39 Å². The van der Waals surface area contributed by atoms with Crippen molar-refractivity contribution in [3.05, 3.63) is 93.8 Å². The Morgan fingerprint density at radius 1 is 1.17 bits per heavy atom. The van der Waals surface area contributed by atoms with E-state index >= 15 is 0 Å². The lowest BCUT2D eigenvalue weighted by atomic mass is 9.91. The van der Waals surface area contributed by atoms with E-state index in [1.165, 1.54) is 18.1 Å². The van der Waals surface area contributed by atoms with E-state index in [2.05, 4.69) is 0 Å². The molecule has 0 aliphatic carbocycles. The monoisotopic (exact) mass is 511 g/mol. The van der Waals surface area contributed by atoms with Gasteiger partial charge in [0.05, 0.1) is 7.11 Å². The first-order valence-corrected chi connectivity index (χ1v) is 11.9. The first-order chi connectivity index (χ1) is 17.2. The Morgan fingerprint density at radius 2 is 1.89 bits per heavy atom. The lowest BCUT2D eigenvalue weighted by Gasteiger charge is -2.24. The summed E-state index contributed by atoms with van der Waals surface area (Å²) in [7, 11) is 1.50. The number of carboxylic acids is 1. The molecule has 0 fully saturated rings. The molecule has 1 aliphatic rings. The molecule has 0 saturated carbocycles. The Bertz CT molecular complexity index is 1280. The molecular weight excluding hydrogens is 485 g/mol. The van der Waals surface area contributed by atoms with Crippen molar-refractivity contribution >= 4 is 23.5 Å². The fourth-order valence-electron chi connectivity index (χ4n) is 4.55. The van der Waals surface area contributed by atoms with E-state index < -0.39 is 29.8 Å². The van der Waals surface area contributed by atoms with Crippen molar-refractivity contribution in [3.63, 3.8) is 0 Å². The van der Waals surface area contributed by atoms with Crippen molar-refractivity contribution < 1.29 is 28.6 Å². The van der Waals surface area contributed by atoms with Crippen LogP contribution in [0.15, 0.2) is 60.7 Å². The molecule has 3 aromatic rings. The summed E-state index contributed by atoms with van der Waals surface area (Å²) in [4.78, 5) is 26.1. The zero-order valence-corrected chi connectivity index (χ0v) is 20.8.